The molecule has 2 aliphatic heterocycles. The van der Waals surface area contributed by atoms with Gasteiger partial charge in [-0.05, 0) is 12.3 Å². The van der Waals surface area contributed by atoms with Crippen LogP contribution in [-0.4, -0.2) is 85.8 Å². The van der Waals surface area contributed by atoms with Crippen molar-refractivity contribution in [1.29, 1.82) is 0 Å². The van der Waals surface area contributed by atoms with Gasteiger partial charge in [-0.3, -0.25) is 9.59 Å². The maximum Gasteiger partial charge on any atom is 0.315 e. The summed E-state index contributed by atoms with van der Waals surface area (Å²) in [7, 11) is -3.09. The summed E-state index contributed by atoms with van der Waals surface area (Å²) in [5.41, 5.74) is 0. The molecule has 0 spiro atoms. The minimum absolute atomic E-state index is 0.00964. The predicted molar refractivity (Wildman–Crippen MR) is 101 cm³/mol. The highest BCUT2D eigenvalue weighted by Gasteiger charge is 2.34. The zero-order valence-corrected chi connectivity index (χ0v) is 17.0. The number of nitrogens with zero attached hydrogens (tertiary/aromatic N) is 2. The van der Waals surface area contributed by atoms with E-state index in [0.29, 0.717) is 39.0 Å². The lowest BCUT2D eigenvalue weighted by Crippen LogP contribution is -2.58. The number of sulfone groups is 1. The SMILES string of the molecule is CC[C@@H](C)[C@H](NC(=O)N[C@@H]1CCS(=O)(=O)C1)C(=O)N1CCN(C(C)=O)CC1. The van der Waals surface area contributed by atoms with Crippen LogP contribution in [0.4, 0.5) is 4.79 Å². The molecule has 2 aliphatic rings. The Morgan fingerprint density at radius 1 is 1.11 bits per heavy atom. The van der Waals surface area contributed by atoms with Crippen LogP contribution >= 0.6 is 0 Å². The predicted octanol–water partition coefficient (Wildman–Crippen LogP) is -0.422. The van der Waals surface area contributed by atoms with E-state index in [1.807, 2.05) is 13.8 Å². The van der Waals surface area contributed by atoms with Crippen molar-refractivity contribution in [2.75, 3.05) is 37.7 Å². The second-order valence-electron chi connectivity index (χ2n) is 7.41. The lowest BCUT2D eigenvalue weighted by molar-refractivity contribution is -0.140. The Morgan fingerprint density at radius 2 is 1.70 bits per heavy atom. The Balaban J connectivity index is 1.95. The van der Waals surface area contributed by atoms with E-state index in [0.717, 1.165) is 0 Å². The van der Waals surface area contributed by atoms with Crippen LogP contribution in [0.3, 0.4) is 0 Å². The molecule has 0 aromatic heterocycles. The summed E-state index contributed by atoms with van der Waals surface area (Å²) in [6.45, 7) is 7.21. The van der Waals surface area contributed by atoms with Gasteiger partial charge in [0, 0.05) is 39.1 Å². The van der Waals surface area contributed by atoms with Crippen molar-refractivity contribution in [3.05, 3.63) is 0 Å². The molecule has 0 saturated carbocycles. The fourth-order valence-electron chi connectivity index (χ4n) is 3.40. The summed E-state index contributed by atoms with van der Waals surface area (Å²) in [4.78, 5) is 40.1. The zero-order valence-electron chi connectivity index (χ0n) is 16.2. The van der Waals surface area contributed by atoms with Gasteiger partial charge in [-0.1, -0.05) is 20.3 Å². The Hall–Kier alpha value is -1.84. The molecule has 0 unspecified atom stereocenters. The molecule has 10 heteroatoms. The van der Waals surface area contributed by atoms with E-state index in [9.17, 15) is 22.8 Å². The monoisotopic (exact) mass is 402 g/mol. The maximum atomic E-state index is 12.9. The molecule has 9 nitrogen and oxygen atoms in total. The minimum atomic E-state index is -3.09. The molecule has 2 fully saturated rings. The molecule has 0 aromatic rings. The van der Waals surface area contributed by atoms with Crippen molar-refractivity contribution >= 4 is 27.7 Å². The first-order chi connectivity index (χ1) is 12.6. The van der Waals surface area contributed by atoms with Gasteiger partial charge in [-0.15, -0.1) is 0 Å². The molecule has 4 amide bonds. The molecule has 0 bridgehead atoms. The molecule has 154 valence electrons. The second kappa shape index (κ2) is 8.90. The Morgan fingerprint density at radius 3 is 2.19 bits per heavy atom. The van der Waals surface area contributed by atoms with Crippen molar-refractivity contribution < 1.29 is 22.8 Å². The Kier molecular flexibility index (Phi) is 7.07. The van der Waals surface area contributed by atoms with Crippen molar-refractivity contribution in [3.8, 4) is 0 Å². The molecule has 27 heavy (non-hydrogen) atoms. The first-order valence-corrected chi connectivity index (χ1v) is 11.3. The number of hydrogen-bond donors (Lipinski definition) is 2. The second-order valence-corrected chi connectivity index (χ2v) is 9.64. The van der Waals surface area contributed by atoms with Gasteiger partial charge in [0.2, 0.25) is 11.8 Å². The highest BCUT2D eigenvalue weighted by atomic mass is 32.2. The number of urea groups is 1. The van der Waals surface area contributed by atoms with Gasteiger partial charge in [-0.25, -0.2) is 13.2 Å². The normalized spacial score (nSPS) is 24.2. The standard InChI is InChI=1S/C17H30N4O5S/c1-4-12(2)15(16(23)21-8-6-20(7-9-21)13(3)22)19-17(24)18-14-5-10-27(25,26)11-14/h12,14-15H,4-11H2,1-3H3,(H2,18,19,24)/t12-,14-,15+/m1/s1. The summed E-state index contributed by atoms with van der Waals surface area (Å²) in [6.07, 6.45) is 1.10. The van der Waals surface area contributed by atoms with E-state index >= 15 is 0 Å². The first-order valence-electron chi connectivity index (χ1n) is 9.44. The van der Waals surface area contributed by atoms with Gasteiger partial charge in [-0.2, -0.15) is 0 Å². The van der Waals surface area contributed by atoms with Crippen LogP contribution in [0.2, 0.25) is 0 Å². The van der Waals surface area contributed by atoms with E-state index in [1.54, 1.807) is 9.80 Å². The summed E-state index contributed by atoms with van der Waals surface area (Å²) in [5.74, 6) is -0.227. The third kappa shape index (κ3) is 5.82. The number of nitrogens with one attached hydrogen (secondary N) is 2. The minimum Gasteiger partial charge on any atom is -0.339 e. The molecule has 2 saturated heterocycles. The van der Waals surface area contributed by atoms with Gasteiger partial charge in [0.15, 0.2) is 9.84 Å². The van der Waals surface area contributed by atoms with Crippen LogP contribution in [0.15, 0.2) is 0 Å². The largest absolute Gasteiger partial charge is 0.339 e. The molecular weight excluding hydrogens is 372 g/mol. The topological polar surface area (TPSA) is 116 Å². The number of amides is 4. The van der Waals surface area contributed by atoms with Crippen molar-refractivity contribution in [3.63, 3.8) is 0 Å². The number of carbonyl (C=O) groups excluding carboxylic acids is 3. The fourth-order valence-corrected chi connectivity index (χ4v) is 5.07. The fraction of sp³-hybridized carbons (Fsp3) is 0.824. The summed E-state index contributed by atoms with van der Waals surface area (Å²) in [5, 5.41) is 5.41. The number of hydrogen-bond acceptors (Lipinski definition) is 5. The molecule has 2 heterocycles. The third-order valence-corrected chi connectivity index (χ3v) is 7.14. The summed E-state index contributed by atoms with van der Waals surface area (Å²) < 4.78 is 23.1. The quantitative estimate of drug-likeness (QED) is 0.648. The van der Waals surface area contributed by atoms with Crippen LogP contribution in [0, 0.1) is 5.92 Å². The molecule has 2 N–H and O–H groups in total. The Bertz CT molecular complexity index is 673. The smallest absolute Gasteiger partial charge is 0.315 e. The number of rotatable bonds is 5. The molecular formula is C17H30N4O5S. The first kappa shape index (κ1) is 21.5. The lowest BCUT2D eigenvalue weighted by atomic mass is 9.97. The highest BCUT2D eigenvalue weighted by Crippen LogP contribution is 2.14. The molecule has 3 atom stereocenters. The number of piperazine rings is 1. The highest BCUT2D eigenvalue weighted by molar-refractivity contribution is 7.91. The molecule has 0 aromatic carbocycles. The van der Waals surface area contributed by atoms with Crippen molar-refractivity contribution in [2.45, 2.75) is 45.7 Å². The van der Waals surface area contributed by atoms with E-state index < -0.39 is 28.0 Å². The van der Waals surface area contributed by atoms with Crippen LogP contribution in [-0.2, 0) is 19.4 Å². The molecule has 0 radical (unpaired) electrons. The van der Waals surface area contributed by atoms with Crippen LogP contribution in [0.5, 0.6) is 0 Å². The van der Waals surface area contributed by atoms with E-state index in [-0.39, 0.29) is 29.2 Å². The van der Waals surface area contributed by atoms with Crippen molar-refractivity contribution in [2.24, 2.45) is 5.92 Å². The van der Waals surface area contributed by atoms with Gasteiger partial charge >= 0.3 is 6.03 Å². The number of carbonyl (C=O) groups is 3. The lowest BCUT2D eigenvalue weighted by Gasteiger charge is -2.37. The zero-order chi connectivity index (χ0) is 20.2. The van der Waals surface area contributed by atoms with Crippen LogP contribution in [0.1, 0.15) is 33.6 Å². The summed E-state index contributed by atoms with van der Waals surface area (Å²) >= 11 is 0. The molecule has 0 aliphatic carbocycles. The average molecular weight is 403 g/mol. The van der Waals surface area contributed by atoms with Gasteiger partial charge < -0.3 is 20.4 Å². The van der Waals surface area contributed by atoms with Gasteiger partial charge in [0.05, 0.1) is 11.5 Å². The Labute approximate surface area is 160 Å². The van der Waals surface area contributed by atoms with E-state index in [2.05, 4.69) is 10.6 Å². The van der Waals surface area contributed by atoms with E-state index in [4.69, 9.17) is 0 Å². The van der Waals surface area contributed by atoms with Gasteiger partial charge in [0.25, 0.3) is 0 Å². The third-order valence-electron chi connectivity index (χ3n) is 5.37. The maximum absolute atomic E-state index is 12.9. The van der Waals surface area contributed by atoms with E-state index in [1.165, 1.54) is 6.92 Å². The summed E-state index contributed by atoms with van der Waals surface area (Å²) in [6, 6.07) is -1.61. The molecule has 2 rings (SSSR count). The van der Waals surface area contributed by atoms with Gasteiger partial charge in [0.1, 0.15) is 6.04 Å². The van der Waals surface area contributed by atoms with Crippen LogP contribution in [0.25, 0.3) is 0 Å². The van der Waals surface area contributed by atoms with Crippen LogP contribution < -0.4 is 10.6 Å². The van der Waals surface area contributed by atoms with Crippen molar-refractivity contribution in [1.82, 2.24) is 20.4 Å². The average Bonchev–Trinajstić information content (AvgIpc) is 2.96.